The maximum absolute atomic E-state index is 13.2. The van der Waals surface area contributed by atoms with E-state index in [1.54, 1.807) is 35.0 Å². The van der Waals surface area contributed by atoms with Crippen molar-refractivity contribution in [2.45, 2.75) is 25.7 Å². The van der Waals surface area contributed by atoms with Crippen LogP contribution in [0.3, 0.4) is 0 Å². The maximum atomic E-state index is 13.2. The van der Waals surface area contributed by atoms with Crippen molar-refractivity contribution in [3.63, 3.8) is 0 Å². The van der Waals surface area contributed by atoms with Crippen molar-refractivity contribution in [2.75, 3.05) is 0 Å². The number of aromatic carboxylic acids is 1. The van der Waals surface area contributed by atoms with Gasteiger partial charge in [-0.15, -0.1) is 0 Å². The Morgan fingerprint density at radius 3 is 2.25 bits per heavy atom. The molecule has 7 heteroatoms. The van der Waals surface area contributed by atoms with E-state index in [4.69, 9.17) is 28.3 Å². The number of hydrogen-bond donors (Lipinski definition) is 1. The van der Waals surface area contributed by atoms with Crippen LogP contribution in [-0.2, 0) is 12.8 Å². The average Bonchev–Trinajstić information content (AvgIpc) is 3.07. The first kappa shape index (κ1) is 18.7. The summed E-state index contributed by atoms with van der Waals surface area (Å²) in [6.45, 7) is 0. The highest BCUT2D eigenvalue weighted by Gasteiger charge is 2.28. The molecule has 0 bridgehead atoms. The summed E-state index contributed by atoms with van der Waals surface area (Å²) >= 11 is 12.5. The summed E-state index contributed by atoms with van der Waals surface area (Å²) in [6, 6.07) is 11.4. The molecule has 0 unspecified atom stereocenters. The zero-order valence-electron chi connectivity index (χ0n) is 14.8. The van der Waals surface area contributed by atoms with Crippen LogP contribution in [0, 0.1) is 0 Å². The molecule has 0 saturated carbocycles. The molecule has 0 radical (unpaired) electrons. The molecule has 1 aliphatic carbocycles. The van der Waals surface area contributed by atoms with E-state index in [2.05, 4.69) is 5.10 Å². The van der Waals surface area contributed by atoms with E-state index < -0.39 is 5.97 Å². The summed E-state index contributed by atoms with van der Waals surface area (Å²) in [4.78, 5) is 24.3. The van der Waals surface area contributed by atoms with E-state index in [-0.39, 0.29) is 16.9 Å². The van der Waals surface area contributed by atoms with Crippen LogP contribution in [0.5, 0.6) is 0 Å². The molecular weight excluding hydrogens is 399 g/mol. The molecule has 142 valence electrons. The highest BCUT2D eigenvalue weighted by atomic mass is 35.5. The van der Waals surface area contributed by atoms with Crippen LogP contribution < -0.4 is 0 Å². The number of carbonyl (C=O) groups is 2. The molecule has 5 nitrogen and oxygen atoms in total. The molecule has 0 aliphatic heterocycles. The fourth-order valence-electron chi connectivity index (χ4n) is 3.57. The fraction of sp³-hybridized carbons (Fsp3) is 0.190. The van der Waals surface area contributed by atoms with Crippen molar-refractivity contribution in [1.82, 2.24) is 9.78 Å². The smallest absolute Gasteiger partial charge is 0.335 e. The Morgan fingerprint density at radius 1 is 0.964 bits per heavy atom. The van der Waals surface area contributed by atoms with Gasteiger partial charge in [0.15, 0.2) is 0 Å². The van der Waals surface area contributed by atoms with Crippen LogP contribution in [0.2, 0.25) is 10.0 Å². The number of nitrogens with zero attached hydrogens (tertiary/aromatic N) is 2. The third kappa shape index (κ3) is 3.21. The average molecular weight is 415 g/mol. The maximum Gasteiger partial charge on any atom is 0.335 e. The second kappa shape index (κ2) is 7.41. The summed E-state index contributed by atoms with van der Waals surface area (Å²) in [5.41, 5.74) is 3.41. The Labute approximate surface area is 171 Å². The van der Waals surface area contributed by atoms with Crippen molar-refractivity contribution in [3.8, 4) is 5.69 Å². The van der Waals surface area contributed by atoms with Gasteiger partial charge in [-0.1, -0.05) is 29.3 Å². The topological polar surface area (TPSA) is 72.2 Å². The lowest BCUT2D eigenvalue weighted by Gasteiger charge is -2.14. The van der Waals surface area contributed by atoms with Gasteiger partial charge < -0.3 is 5.11 Å². The molecule has 4 rings (SSSR count). The van der Waals surface area contributed by atoms with Gasteiger partial charge in [-0.3, -0.25) is 4.79 Å². The Balaban J connectivity index is 1.84. The fourth-order valence-corrected chi connectivity index (χ4v) is 4.14. The lowest BCUT2D eigenvalue weighted by Crippen LogP contribution is -2.09. The van der Waals surface area contributed by atoms with Gasteiger partial charge in [-0.2, -0.15) is 5.10 Å². The van der Waals surface area contributed by atoms with Crippen LogP contribution in [0.25, 0.3) is 5.69 Å². The molecule has 1 heterocycles. The monoisotopic (exact) mass is 414 g/mol. The molecular formula is C21H16Cl2N2O3. The lowest BCUT2D eigenvalue weighted by atomic mass is 9.93. The summed E-state index contributed by atoms with van der Waals surface area (Å²) in [5.74, 6) is -1.28. The number of ketones is 1. The first-order valence-corrected chi connectivity index (χ1v) is 9.66. The molecule has 1 N–H and O–H groups in total. The van der Waals surface area contributed by atoms with Crippen LogP contribution >= 0.6 is 23.2 Å². The predicted octanol–water partition coefficient (Wildman–Crippen LogP) is 4.99. The number of carboxylic acid groups (broad SMARTS) is 1. The van der Waals surface area contributed by atoms with Crippen LogP contribution in [0.1, 0.15) is 50.5 Å². The minimum atomic E-state index is -0.988. The highest BCUT2D eigenvalue weighted by Crippen LogP contribution is 2.32. The van der Waals surface area contributed by atoms with E-state index in [0.29, 0.717) is 21.4 Å². The molecule has 2 aromatic carbocycles. The van der Waals surface area contributed by atoms with Gasteiger partial charge in [0.1, 0.15) is 5.69 Å². The molecule has 3 aromatic rings. The number of rotatable bonds is 4. The number of fused-ring (bicyclic) bond motifs is 1. The summed E-state index contributed by atoms with van der Waals surface area (Å²) in [6.07, 6.45) is 3.54. The molecule has 0 atom stereocenters. The first-order chi connectivity index (χ1) is 13.5. The molecule has 1 aromatic heterocycles. The SMILES string of the molecule is O=C(O)c1ccc(-n2nc(C(=O)c3c(Cl)cccc3Cl)c3c2CCCC3)cc1. The quantitative estimate of drug-likeness (QED) is 0.610. The van der Waals surface area contributed by atoms with Crippen molar-refractivity contribution in [1.29, 1.82) is 0 Å². The number of hydrogen-bond acceptors (Lipinski definition) is 3. The Bertz CT molecular complexity index is 1070. The summed E-state index contributed by atoms with van der Waals surface area (Å²) in [7, 11) is 0. The van der Waals surface area contributed by atoms with Crippen molar-refractivity contribution in [2.24, 2.45) is 0 Å². The summed E-state index contributed by atoms with van der Waals surface area (Å²) in [5, 5.41) is 14.3. The molecule has 1 aliphatic rings. The van der Waals surface area contributed by atoms with Gasteiger partial charge in [0.2, 0.25) is 5.78 Å². The van der Waals surface area contributed by atoms with E-state index in [0.717, 1.165) is 36.9 Å². The van der Waals surface area contributed by atoms with Gasteiger partial charge >= 0.3 is 5.97 Å². The minimum Gasteiger partial charge on any atom is -0.478 e. The van der Waals surface area contributed by atoms with Gasteiger partial charge in [-0.25, -0.2) is 9.48 Å². The highest BCUT2D eigenvalue weighted by molar-refractivity contribution is 6.40. The Hall–Kier alpha value is -2.63. The minimum absolute atomic E-state index is 0.198. The van der Waals surface area contributed by atoms with Gasteiger partial charge in [0.05, 0.1) is 26.9 Å². The van der Waals surface area contributed by atoms with Gasteiger partial charge in [0, 0.05) is 11.3 Å². The lowest BCUT2D eigenvalue weighted by molar-refractivity contribution is 0.0696. The molecule has 0 amide bonds. The normalized spacial score (nSPS) is 13.2. The number of benzene rings is 2. The molecule has 28 heavy (non-hydrogen) atoms. The predicted molar refractivity (Wildman–Crippen MR) is 107 cm³/mol. The first-order valence-electron chi connectivity index (χ1n) is 8.90. The molecule has 0 saturated heterocycles. The molecule has 0 fully saturated rings. The second-order valence-electron chi connectivity index (χ2n) is 6.67. The zero-order valence-corrected chi connectivity index (χ0v) is 16.3. The van der Waals surface area contributed by atoms with Crippen molar-refractivity contribution in [3.05, 3.63) is 80.6 Å². The number of carbonyl (C=O) groups excluding carboxylic acids is 1. The summed E-state index contributed by atoms with van der Waals surface area (Å²) < 4.78 is 1.73. The zero-order chi connectivity index (χ0) is 19.8. The standard InChI is InChI=1S/C21H16Cl2N2O3/c22-15-5-3-6-16(23)18(15)20(26)19-14-4-1-2-7-17(14)25(24-19)13-10-8-12(9-11-13)21(27)28/h3,5-6,8-11H,1-2,4,7H2,(H,27,28). The second-order valence-corrected chi connectivity index (χ2v) is 7.48. The number of aromatic nitrogens is 2. The van der Waals surface area contributed by atoms with Crippen LogP contribution in [0.15, 0.2) is 42.5 Å². The number of carboxylic acids is 1. The van der Waals surface area contributed by atoms with Crippen LogP contribution in [-0.4, -0.2) is 26.6 Å². The Morgan fingerprint density at radius 2 is 1.61 bits per heavy atom. The van der Waals surface area contributed by atoms with E-state index in [1.165, 1.54) is 12.1 Å². The van der Waals surface area contributed by atoms with Crippen molar-refractivity contribution >= 4 is 35.0 Å². The van der Waals surface area contributed by atoms with Gasteiger partial charge in [-0.05, 0) is 62.1 Å². The van der Waals surface area contributed by atoms with E-state index >= 15 is 0 Å². The van der Waals surface area contributed by atoms with Gasteiger partial charge in [0.25, 0.3) is 0 Å². The van der Waals surface area contributed by atoms with E-state index in [9.17, 15) is 9.59 Å². The molecule has 0 spiro atoms. The van der Waals surface area contributed by atoms with Crippen LogP contribution in [0.4, 0.5) is 0 Å². The van der Waals surface area contributed by atoms with E-state index in [1.807, 2.05) is 0 Å². The Kier molecular flexibility index (Phi) is 4.96. The number of halogens is 2. The van der Waals surface area contributed by atoms with Crippen molar-refractivity contribution < 1.29 is 14.7 Å². The largest absolute Gasteiger partial charge is 0.478 e. The third-order valence-electron chi connectivity index (χ3n) is 4.94. The third-order valence-corrected chi connectivity index (χ3v) is 5.57.